The van der Waals surface area contributed by atoms with E-state index in [0.717, 1.165) is 18.8 Å². The van der Waals surface area contributed by atoms with Crippen molar-refractivity contribution in [2.45, 2.75) is 11.4 Å². The van der Waals surface area contributed by atoms with Crippen molar-refractivity contribution in [3.05, 3.63) is 101 Å². The molecular formula is C32H36N6O5S. The molecule has 1 aromatic heterocycles. The van der Waals surface area contributed by atoms with Crippen molar-refractivity contribution in [2.75, 3.05) is 63.9 Å². The number of anilines is 1. The number of carbonyl (C=O) groups excluding carboxylic acids is 1. The van der Waals surface area contributed by atoms with E-state index in [9.17, 15) is 18.0 Å². The SMILES string of the molecule is O=C(c1c(-c2ccccc2)n(-c2cccc(N3CCOCC3)c2)c(=O)n1CCNS(=O)(=O)c1ccccc1)N1CCNCC1. The molecule has 11 nitrogen and oxygen atoms in total. The van der Waals surface area contributed by atoms with Crippen molar-refractivity contribution in [1.29, 1.82) is 0 Å². The van der Waals surface area contributed by atoms with Gasteiger partial charge in [-0.15, -0.1) is 0 Å². The van der Waals surface area contributed by atoms with E-state index in [4.69, 9.17) is 4.74 Å². The average Bonchev–Trinajstić information content (AvgIpc) is 3.37. The van der Waals surface area contributed by atoms with Gasteiger partial charge in [-0.25, -0.2) is 17.9 Å². The van der Waals surface area contributed by atoms with Crippen LogP contribution in [0.5, 0.6) is 0 Å². The van der Waals surface area contributed by atoms with Crippen LogP contribution in [0.15, 0.2) is 94.6 Å². The van der Waals surface area contributed by atoms with Crippen LogP contribution in [0.1, 0.15) is 10.5 Å². The van der Waals surface area contributed by atoms with Gasteiger partial charge in [0.15, 0.2) is 0 Å². The molecule has 2 saturated heterocycles. The minimum atomic E-state index is -3.81. The van der Waals surface area contributed by atoms with Crippen molar-refractivity contribution in [1.82, 2.24) is 24.1 Å². The smallest absolute Gasteiger partial charge is 0.333 e. The first-order chi connectivity index (χ1) is 21.4. The average molecular weight is 617 g/mol. The number of sulfonamides is 1. The van der Waals surface area contributed by atoms with Crippen molar-refractivity contribution in [3.8, 4) is 16.9 Å². The summed E-state index contributed by atoms with van der Waals surface area (Å²) in [4.78, 5) is 32.8. The van der Waals surface area contributed by atoms with E-state index in [-0.39, 0.29) is 29.6 Å². The van der Waals surface area contributed by atoms with E-state index in [1.807, 2.05) is 54.6 Å². The highest BCUT2D eigenvalue weighted by molar-refractivity contribution is 7.89. The highest BCUT2D eigenvalue weighted by atomic mass is 32.2. The van der Waals surface area contributed by atoms with E-state index in [2.05, 4.69) is 14.9 Å². The summed E-state index contributed by atoms with van der Waals surface area (Å²) in [6.07, 6.45) is 0. The van der Waals surface area contributed by atoms with Gasteiger partial charge in [0, 0.05) is 63.6 Å². The molecule has 2 aliphatic rings. The van der Waals surface area contributed by atoms with Gasteiger partial charge in [0.2, 0.25) is 10.0 Å². The molecule has 2 fully saturated rings. The molecule has 3 heterocycles. The molecule has 0 saturated carbocycles. The maximum absolute atomic E-state index is 14.4. The Labute approximate surface area is 256 Å². The highest BCUT2D eigenvalue weighted by Gasteiger charge is 2.31. The van der Waals surface area contributed by atoms with Crippen LogP contribution in [-0.2, 0) is 21.3 Å². The molecule has 2 aliphatic heterocycles. The molecule has 1 amide bonds. The number of aromatic nitrogens is 2. The summed E-state index contributed by atoms with van der Waals surface area (Å²) in [6, 6.07) is 25.2. The van der Waals surface area contributed by atoms with Gasteiger partial charge < -0.3 is 19.9 Å². The summed E-state index contributed by atoms with van der Waals surface area (Å²) in [6.45, 7) is 4.90. The second-order valence-corrected chi connectivity index (χ2v) is 12.5. The maximum atomic E-state index is 14.4. The summed E-state index contributed by atoms with van der Waals surface area (Å²) in [5.74, 6) is -0.267. The number of imidazole rings is 1. The molecule has 3 aromatic carbocycles. The van der Waals surface area contributed by atoms with E-state index in [1.165, 1.54) is 16.7 Å². The maximum Gasteiger partial charge on any atom is 0.333 e. The lowest BCUT2D eigenvalue weighted by molar-refractivity contribution is 0.0725. The number of ether oxygens (including phenoxy) is 1. The van der Waals surface area contributed by atoms with Crippen molar-refractivity contribution < 1.29 is 17.9 Å². The lowest BCUT2D eigenvalue weighted by Gasteiger charge is -2.29. The molecule has 44 heavy (non-hydrogen) atoms. The molecule has 12 heteroatoms. The van der Waals surface area contributed by atoms with Gasteiger partial charge in [0.25, 0.3) is 5.91 Å². The number of carbonyl (C=O) groups is 1. The first-order valence-corrected chi connectivity index (χ1v) is 16.3. The Bertz CT molecular complexity index is 1760. The van der Waals surface area contributed by atoms with E-state index in [0.29, 0.717) is 56.3 Å². The number of amides is 1. The molecule has 2 N–H and O–H groups in total. The van der Waals surface area contributed by atoms with Crippen LogP contribution in [0, 0.1) is 0 Å². The first-order valence-electron chi connectivity index (χ1n) is 14.8. The lowest BCUT2D eigenvalue weighted by Crippen LogP contribution is -2.47. The highest BCUT2D eigenvalue weighted by Crippen LogP contribution is 2.29. The van der Waals surface area contributed by atoms with Gasteiger partial charge in [0.1, 0.15) is 5.69 Å². The standard InChI is InChI=1S/C32H36N6O5S/c39-31(36-17-14-33-15-18-36)30-29(25-8-3-1-4-9-25)38(27-11-7-10-26(24-27)35-20-22-43-23-21-35)32(40)37(30)19-16-34-44(41,42)28-12-5-2-6-13-28/h1-13,24,33-34H,14-23H2. The van der Waals surface area contributed by atoms with Crippen molar-refractivity contribution in [3.63, 3.8) is 0 Å². The Morgan fingerprint density at radius 3 is 2.20 bits per heavy atom. The third kappa shape index (κ3) is 6.20. The van der Waals surface area contributed by atoms with Gasteiger partial charge in [-0.3, -0.25) is 13.9 Å². The van der Waals surface area contributed by atoms with Crippen LogP contribution in [-0.4, -0.2) is 87.4 Å². The molecule has 0 aliphatic carbocycles. The van der Waals surface area contributed by atoms with E-state index >= 15 is 0 Å². The van der Waals surface area contributed by atoms with Gasteiger partial charge in [-0.05, 0) is 30.3 Å². The lowest BCUT2D eigenvalue weighted by atomic mass is 10.1. The molecule has 0 atom stereocenters. The normalized spacial score (nSPS) is 15.8. The zero-order valence-electron chi connectivity index (χ0n) is 24.4. The second kappa shape index (κ2) is 13.2. The molecular weight excluding hydrogens is 580 g/mol. The minimum absolute atomic E-state index is 0.0337. The summed E-state index contributed by atoms with van der Waals surface area (Å²) in [5.41, 5.74) is 2.58. The first kappa shape index (κ1) is 29.8. The van der Waals surface area contributed by atoms with Crippen molar-refractivity contribution in [2.24, 2.45) is 0 Å². The largest absolute Gasteiger partial charge is 0.378 e. The number of benzene rings is 3. The predicted molar refractivity (Wildman–Crippen MR) is 169 cm³/mol. The van der Waals surface area contributed by atoms with Gasteiger partial charge in [-0.2, -0.15) is 0 Å². The monoisotopic (exact) mass is 616 g/mol. The number of piperazine rings is 1. The third-order valence-corrected chi connectivity index (χ3v) is 9.42. The van der Waals surface area contributed by atoms with E-state index < -0.39 is 15.7 Å². The quantitative estimate of drug-likeness (QED) is 0.296. The van der Waals surface area contributed by atoms with Crippen LogP contribution in [0.2, 0.25) is 0 Å². The van der Waals surface area contributed by atoms with Gasteiger partial charge in [-0.1, -0.05) is 54.6 Å². The fraction of sp³-hybridized carbons (Fsp3) is 0.312. The number of nitrogens with zero attached hydrogens (tertiary/aromatic N) is 4. The number of morpholine rings is 1. The molecule has 0 spiro atoms. The minimum Gasteiger partial charge on any atom is -0.378 e. The molecule has 4 aromatic rings. The summed E-state index contributed by atoms with van der Waals surface area (Å²) in [5, 5.41) is 3.27. The van der Waals surface area contributed by atoms with Crippen LogP contribution >= 0.6 is 0 Å². The van der Waals surface area contributed by atoms with Crippen LogP contribution in [0.25, 0.3) is 16.9 Å². The Hall–Kier alpha value is -4.23. The zero-order chi connectivity index (χ0) is 30.5. The van der Waals surface area contributed by atoms with Crippen LogP contribution < -0.4 is 20.6 Å². The zero-order valence-corrected chi connectivity index (χ0v) is 25.2. The van der Waals surface area contributed by atoms with Crippen molar-refractivity contribution >= 4 is 21.6 Å². The summed E-state index contributed by atoms with van der Waals surface area (Å²) < 4.78 is 37.1. The Morgan fingerprint density at radius 1 is 0.841 bits per heavy atom. The van der Waals surface area contributed by atoms with E-state index in [1.54, 1.807) is 27.7 Å². The number of hydrogen-bond acceptors (Lipinski definition) is 7. The predicted octanol–water partition coefficient (Wildman–Crippen LogP) is 2.17. The van der Waals surface area contributed by atoms with Crippen LogP contribution in [0.3, 0.4) is 0 Å². The molecule has 0 unspecified atom stereocenters. The van der Waals surface area contributed by atoms with Gasteiger partial charge in [0.05, 0.1) is 29.5 Å². The third-order valence-electron chi connectivity index (χ3n) is 7.94. The Balaban J connectivity index is 1.47. The second-order valence-electron chi connectivity index (χ2n) is 10.7. The number of rotatable bonds is 9. The molecule has 0 bridgehead atoms. The fourth-order valence-corrected chi connectivity index (χ4v) is 6.76. The number of nitrogens with one attached hydrogen (secondary N) is 2. The molecule has 6 rings (SSSR count). The topological polar surface area (TPSA) is 118 Å². The Kier molecular flexibility index (Phi) is 8.94. The number of hydrogen-bond donors (Lipinski definition) is 2. The summed E-state index contributed by atoms with van der Waals surface area (Å²) >= 11 is 0. The van der Waals surface area contributed by atoms with Gasteiger partial charge >= 0.3 is 5.69 Å². The fourth-order valence-electron chi connectivity index (χ4n) is 5.71. The summed E-state index contributed by atoms with van der Waals surface area (Å²) in [7, 11) is -3.81. The molecule has 0 radical (unpaired) electrons. The van der Waals surface area contributed by atoms with Crippen LogP contribution in [0.4, 0.5) is 5.69 Å². The molecule has 230 valence electrons. The Morgan fingerprint density at radius 2 is 1.50 bits per heavy atom.